The second kappa shape index (κ2) is 8.31. The molecule has 13 heavy (non-hydrogen) atoms. The Balaban J connectivity index is 0.00000144. The van der Waals surface area contributed by atoms with Crippen LogP contribution in [0.3, 0.4) is 0 Å². The van der Waals surface area contributed by atoms with Crippen LogP contribution >= 0.6 is 17.0 Å². The summed E-state index contributed by atoms with van der Waals surface area (Å²) in [5, 5.41) is 0. The second-order valence-electron chi connectivity index (χ2n) is 3.30. The van der Waals surface area contributed by atoms with Gasteiger partial charge in [-0.25, -0.2) is 0 Å². The van der Waals surface area contributed by atoms with E-state index in [0.29, 0.717) is 0 Å². The van der Waals surface area contributed by atoms with Crippen molar-refractivity contribution in [2.45, 2.75) is 39.0 Å². The zero-order valence-electron chi connectivity index (χ0n) is 8.33. The first-order valence-corrected chi connectivity index (χ1v) is 4.97. The van der Waals surface area contributed by atoms with Gasteiger partial charge in [0.1, 0.15) is 0 Å². The fourth-order valence-corrected chi connectivity index (χ4v) is 1.40. The van der Waals surface area contributed by atoms with Crippen LogP contribution in [0.25, 0.3) is 0 Å². The molecule has 0 saturated heterocycles. The molecule has 0 aliphatic heterocycles. The van der Waals surface area contributed by atoms with E-state index >= 15 is 0 Å². The van der Waals surface area contributed by atoms with Gasteiger partial charge in [-0.2, -0.15) is 0 Å². The molecule has 0 bridgehead atoms. The first-order valence-electron chi connectivity index (χ1n) is 4.97. The highest BCUT2D eigenvalue weighted by Gasteiger charge is 1.90. The van der Waals surface area contributed by atoms with Crippen LogP contribution in [-0.4, -0.2) is 0 Å². The van der Waals surface area contributed by atoms with E-state index in [0.717, 1.165) is 0 Å². The summed E-state index contributed by atoms with van der Waals surface area (Å²) < 4.78 is 0. The van der Waals surface area contributed by atoms with Crippen LogP contribution in [0.2, 0.25) is 0 Å². The van der Waals surface area contributed by atoms with Crippen LogP contribution in [0, 0.1) is 0 Å². The molecule has 74 valence electrons. The minimum atomic E-state index is 0. The highest BCUT2D eigenvalue weighted by molar-refractivity contribution is 8.93. The molecule has 1 aromatic carbocycles. The third-order valence-electron chi connectivity index (χ3n) is 2.16. The predicted molar refractivity (Wildman–Crippen MR) is 64.6 cm³/mol. The Morgan fingerprint density at radius 3 is 2.23 bits per heavy atom. The molecule has 1 rings (SSSR count). The van der Waals surface area contributed by atoms with Gasteiger partial charge in [0.2, 0.25) is 0 Å². The molecule has 0 spiro atoms. The molecule has 0 radical (unpaired) electrons. The Morgan fingerprint density at radius 1 is 0.923 bits per heavy atom. The predicted octanol–water partition coefficient (Wildman–Crippen LogP) is 4.39. The summed E-state index contributed by atoms with van der Waals surface area (Å²) in [7, 11) is 0. The van der Waals surface area contributed by atoms with Gasteiger partial charge in [0.25, 0.3) is 0 Å². The van der Waals surface area contributed by atoms with E-state index in [2.05, 4.69) is 37.3 Å². The standard InChI is InChI=1S/C12H18.BrH/c1-2-3-4-6-9-12-10-7-5-8-11-12;/h5,7-8,10-11H,2-4,6,9H2,1H3;1H. The van der Waals surface area contributed by atoms with Crippen molar-refractivity contribution in [3.8, 4) is 0 Å². The number of halogens is 1. The summed E-state index contributed by atoms with van der Waals surface area (Å²) in [6.07, 6.45) is 6.69. The minimum absolute atomic E-state index is 0. The lowest BCUT2D eigenvalue weighted by Gasteiger charge is -1.99. The van der Waals surface area contributed by atoms with Crippen molar-refractivity contribution in [3.05, 3.63) is 35.9 Å². The molecule has 0 aromatic heterocycles. The molecule has 0 unspecified atom stereocenters. The third kappa shape index (κ3) is 5.87. The summed E-state index contributed by atoms with van der Waals surface area (Å²) in [5.74, 6) is 0. The summed E-state index contributed by atoms with van der Waals surface area (Å²) in [6, 6.07) is 10.7. The summed E-state index contributed by atoms with van der Waals surface area (Å²) in [6.45, 7) is 2.25. The molecule has 0 aliphatic rings. The number of rotatable bonds is 5. The van der Waals surface area contributed by atoms with Crippen molar-refractivity contribution in [1.29, 1.82) is 0 Å². The van der Waals surface area contributed by atoms with Crippen molar-refractivity contribution >= 4 is 17.0 Å². The van der Waals surface area contributed by atoms with Crippen LogP contribution in [0.15, 0.2) is 30.3 Å². The van der Waals surface area contributed by atoms with E-state index in [9.17, 15) is 0 Å². The van der Waals surface area contributed by atoms with E-state index in [1.54, 1.807) is 0 Å². The minimum Gasteiger partial charge on any atom is -0.114 e. The Morgan fingerprint density at radius 2 is 1.62 bits per heavy atom. The quantitative estimate of drug-likeness (QED) is 0.673. The van der Waals surface area contributed by atoms with Crippen LogP contribution in [0.4, 0.5) is 0 Å². The summed E-state index contributed by atoms with van der Waals surface area (Å²) >= 11 is 0. The molecule has 0 aliphatic carbocycles. The van der Waals surface area contributed by atoms with Gasteiger partial charge in [-0.1, -0.05) is 56.5 Å². The summed E-state index contributed by atoms with van der Waals surface area (Å²) in [5.41, 5.74) is 1.48. The highest BCUT2D eigenvalue weighted by atomic mass is 79.9. The number of aryl methyl sites for hydroxylation is 1. The Hall–Kier alpha value is -0.300. The van der Waals surface area contributed by atoms with Gasteiger partial charge in [-0.15, -0.1) is 17.0 Å². The molecule has 0 amide bonds. The second-order valence-corrected chi connectivity index (χ2v) is 3.30. The van der Waals surface area contributed by atoms with Gasteiger partial charge in [-0.3, -0.25) is 0 Å². The zero-order chi connectivity index (χ0) is 8.65. The third-order valence-corrected chi connectivity index (χ3v) is 2.16. The number of benzene rings is 1. The van der Waals surface area contributed by atoms with E-state index in [1.165, 1.54) is 37.7 Å². The number of hydrogen-bond donors (Lipinski definition) is 0. The van der Waals surface area contributed by atoms with Gasteiger partial charge in [0.05, 0.1) is 0 Å². The molecule has 0 N–H and O–H groups in total. The maximum Gasteiger partial charge on any atom is -0.0279 e. The van der Waals surface area contributed by atoms with Gasteiger partial charge in [0.15, 0.2) is 0 Å². The molecule has 0 saturated carbocycles. The zero-order valence-corrected chi connectivity index (χ0v) is 10.0. The first kappa shape index (κ1) is 12.7. The largest absolute Gasteiger partial charge is 0.114 e. The van der Waals surface area contributed by atoms with Gasteiger partial charge >= 0.3 is 0 Å². The molecule has 0 fully saturated rings. The monoisotopic (exact) mass is 242 g/mol. The van der Waals surface area contributed by atoms with E-state index in [1.807, 2.05) is 0 Å². The molecular weight excluding hydrogens is 224 g/mol. The molecule has 0 nitrogen and oxygen atoms in total. The Bertz CT molecular complexity index is 194. The Labute approximate surface area is 92.1 Å². The van der Waals surface area contributed by atoms with E-state index in [-0.39, 0.29) is 17.0 Å². The first-order chi connectivity index (χ1) is 5.93. The summed E-state index contributed by atoms with van der Waals surface area (Å²) in [4.78, 5) is 0. The van der Waals surface area contributed by atoms with E-state index in [4.69, 9.17) is 0 Å². The van der Waals surface area contributed by atoms with Crippen LogP contribution in [-0.2, 0) is 6.42 Å². The van der Waals surface area contributed by atoms with Crippen molar-refractivity contribution in [1.82, 2.24) is 0 Å². The van der Waals surface area contributed by atoms with Crippen molar-refractivity contribution in [3.63, 3.8) is 0 Å². The normalized spacial score (nSPS) is 9.31. The molecular formula is C12H19Br. The number of hydrogen-bond acceptors (Lipinski definition) is 0. The molecule has 1 heteroatoms. The topological polar surface area (TPSA) is 0 Å². The van der Waals surface area contributed by atoms with Crippen molar-refractivity contribution in [2.75, 3.05) is 0 Å². The number of unbranched alkanes of at least 4 members (excludes halogenated alkanes) is 3. The maximum absolute atomic E-state index is 2.25. The average molecular weight is 243 g/mol. The fraction of sp³-hybridized carbons (Fsp3) is 0.500. The SMILES string of the molecule is Br.CCCCCCc1ccccc1. The lowest BCUT2D eigenvalue weighted by atomic mass is 10.1. The fourth-order valence-electron chi connectivity index (χ4n) is 1.40. The highest BCUT2D eigenvalue weighted by Crippen LogP contribution is 2.06. The van der Waals surface area contributed by atoms with Gasteiger partial charge < -0.3 is 0 Å². The lowest BCUT2D eigenvalue weighted by molar-refractivity contribution is 0.667. The average Bonchev–Trinajstić information content (AvgIpc) is 2.14. The van der Waals surface area contributed by atoms with Crippen molar-refractivity contribution in [2.24, 2.45) is 0 Å². The molecule has 0 heterocycles. The van der Waals surface area contributed by atoms with Crippen LogP contribution in [0.5, 0.6) is 0 Å². The van der Waals surface area contributed by atoms with Crippen molar-refractivity contribution < 1.29 is 0 Å². The molecule has 1 aromatic rings. The van der Waals surface area contributed by atoms with Gasteiger partial charge in [0, 0.05) is 0 Å². The maximum atomic E-state index is 2.25. The lowest BCUT2D eigenvalue weighted by Crippen LogP contribution is -1.84. The molecule has 0 atom stereocenters. The van der Waals surface area contributed by atoms with Crippen LogP contribution < -0.4 is 0 Å². The smallest absolute Gasteiger partial charge is 0.0279 e. The van der Waals surface area contributed by atoms with E-state index < -0.39 is 0 Å². The van der Waals surface area contributed by atoms with Crippen LogP contribution in [0.1, 0.15) is 38.2 Å². The van der Waals surface area contributed by atoms with Gasteiger partial charge in [-0.05, 0) is 18.4 Å². The Kier molecular flexibility index (Phi) is 8.11.